The highest BCUT2D eigenvalue weighted by Crippen LogP contribution is 2.37. The summed E-state index contributed by atoms with van der Waals surface area (Å²) in [6.07, 6.45) is 6.78. The molecule has 0 heterocycles. The highest BCUT2D eigenvalue weighted by atomic mass is 14.8. The zero-order valence-corrected chi connectivity index (χ0v) is 12.0. The summed E-state index contributed by atoms with van der Waals surface area (Å²) in [6, 6.07) is 17.5. The highest BCUT2D eigenvalue weighted by molar-refractivity contribution is 5.77. The topological polar surface area (TPSA) is 8.72 Å². The van der Waals surface area contributed by atoms with E-state index < -0.39 is 5.54 Å². The molecule has 2 heteroatoms. The fourth-order valence-corrected chi connectivity index (χ4v) is 2.66. The van der Waals surface area contributed by atoms with Crippen LogP contribution in [0.2, 0.25) is 0 Å². The van der Waals surface area contributed by atoms with Crippen LogP contribution < -0.4 is 0 Å². The first-order valence-electron chi connectivity index (χ1n) is 7.09. The molecule has 3 rings (SSSR count). The van der Waals surface area contributed by atoms with Crippen molar-refractivity contribution in [3.05, 3.63) is 107 Å². The molecule has 1 aliphatic carbocycles. The minimum atomic E-state index is -0.596. The summed E-state index contributed by atoms with van der Waals surface area (Å²) in [5.41, 5.74) is 3.26. The molecule has 22 heavy (non-hydrogen) atoms. The van der Waals surface area contributed by atoms with E-state index >= 15 is 0 Å². The Morgan fingerprint density at radius 3 is 2.18 bits per heavy atom. The van der Waals surface area contributed by atoms with Crippen LogP contribution >= 0.6 is 0 Å². The van der Waals surface area contributed by atoms with Crippen molar-refractivity contribution in [3.8, 4) is 0 Å². The zero-order valence-electron chi connectivity index (χ0n) is 12.0. The quantitative estimate of drug-likeness (QED) is 0.652. The Balaban J connectivity index is 1.90. The number of rotatable bonds is 2. The van der Waals surface area contributed by atoms with E-state index in [2.05, 4.69) is 15.8 Å². The minimum Gasteiger partial charge on any atom is -0.300 e. The lowest BCUT2D eigenvalue weighted by atomic mass is 9.82. The van der Waals surface area contributed by atoms with Crippen molar-refractivity contribution < 1.29 is 0 Å². The Morgan fingerprint density at radius 2 is 1.64 bits per heavy atom. The van der Waals surface area contributed by atoms with Gasteiger partial charge in [-0.25, -0.2) is 11.4 Å². The van der Waals surface area contributed by atoms with Gasteiger partial charge in [0, 0.05) is 11.6 Å². The molecule has 0 spiro atoms. The van der Waals surface area contributed by atoms with Gasteiger partial charge in [-0.3, -0.25) is 0 Å². The molecule has 0 saturated heterocycles. The van der Waals surface area contributed by atoms with Crippen molar-refractivity contribution in [2.75, 3.05) is 0 Å². The van der Waals surface area contributed by atoms with Gasteiger partial charge in [-0.15, -0.1) is 0 Å². The van der Waals surface area contributed by atoms with Gasteiger partial charge >= 0.3 is 0 Å². The predicted octanol–water partition coefficient (Wildman–Crippen LogP) is 5.40. The third-order valence-electron chi connectivity index (χ3n) is 3.97. The predicted molar refractivity (Wildman–Crippen MR) is 89.2 cm³/mol. The molecule has 2 aromatic carbocycles. The van der Waals surface area contributed by atoms with Crippen molar-refractivity contribution in [2.45, 2.75) is 12.0 Å². The van der Waals surface area contributed by atoms with Gasteiger partial charge in [0.1, 0.15) is 0 Å². The number of hydrogen-bond acceptors (Lipinski definition) is 0. The number of nitrogens with zero attached hydrogens (tertiary/aromatic N) is 2. The Labute approximate surface area is 130 Å². The van der Waals surface area contributed by atoms with E-state index in [-0.39, 0.29) is 0 Å². The van der Waals surface area contributed by atoms with Gasteiger partial charge in [0.05, 0.1) is 13.0 Å². The zero-order chi connectivity index (χ0) is 15.4. The van der Waals surface area contributed by atoms with E-state index in [4.69, 9.17) is 13.1 Å². The highest BCUT2D eigenvalue weighted by Gasteiger charge is 2.36. The molecule has 2 nitrogen and oxygen atoms in total. The Kier molecular flexibility index (Phi) is 3.60. The van der Waals surface area contributed by atoms with E-state index in [9.17, 15) is 0 Å². The monoisotopic (exact) mass is 282 g/mol. The Morgan fingerprint density at radius 1 is 0.909 bits per heavy atom. The molecule has 0 aromatic heterocycles. The number of hydrogen-bond donors (Lipinski definition) is 0. The van der Waals surface area contributed by atoms with Crippen molar-refractivity contribution in [1.82, 2.24) is 0 Å². The van der Waals surface area contributed by atoms with Gasteiger partial charge in [-0.05, 0) is 11.1 Å². The van der Waals surface area contributed by atoms with Crippen LogP contribution in [0.5, 0.6) is 0 Å². The van der Waals surface area contributed by atoms with E-state index in [1.54, 1.807) is 0 Å². The number of benzene rings is 2. The van der Waals surface area contributed by atoms with Crippen LogP contribution in [0.15, 0.2) is 72.8 Å². The average Bonchev–Trinajstić information content (AvgIpc) is 2.63. The smallest absolute Gasteiger partial charge is 0.279 e. The molecule has 1 atom stereocenters. The van der Waals surface area contributed by atoms with Crippen molar-refractivity contribution in [1.29, 1.82) is 0 Å². The molecule has 0 aliphatic heterocycles. The van der Waals surface area contributed by atoms with Crippen LogP contribution in [0.25, 0.3) is 15.3 Å². The maximum atomic E-state index is 7.62. The summed E-state index contributed by atoms with van der Waals surface area (Å²) in [5.74, 6) is 0. The SMILES string of the molecule is [C-]#[N+]c1ccc(C2=CCC([N+]#[C-])(c3ccccc3)C=C2)cc1. The molecule has 0 N–H and O–H groups in total. The molecule has 1 unspecified atom stereocenters. The first kappa shape index (κ1) is 13.9. The van der Waals surface area contributed by atoms with Crippen LogP contribution in [0, 0.1) is 13.1 Å². The molecule has 0 bridgehead atoms. The lowest BCUT2D eigenvalue weighted by molar-refractivity contribution is 0.671. The van der Waals surface area contributed by atoms with Crippen LogP contribution in [0.3, 0.4) is 0 Å². The molecular formula is C20H14N2. The average molecular weight is 282 g/mol. The van der Waals surface area contributed by atoms with E-state index in [0.717, 1.165) is 16.7 Å². The lowest BCUT2D eigenvalue weighted by Crippen LogP contribution is -2.19. The van der Waals surface area contributed by atoms with Gasteiger partial charge in [0.15, 0.2) is 5.69 Å². The third kappa shape index (κ3) is 2.43. The second-order valence-electron chi connectivity index (χ2n) is 5.26. The summed E-state index contributed by atoms with van der Waals surface area (Å²) in [7, 11) is 0. The molecule has 2 aromatic rings. The normalized spacial score (nSPS) is 19.8. The molecule has 0 radical (unpaired) electrons. The van der Waals surface area contributed by atoms with E-state index in [1.807, 2.05) is 66.7 Å². The second-order valence-corrected chi connectivity index (χ2v) is 5.26. The lowest BCUT2D eigenvalue weighted by Gasteiger charge is -2.21. The van der Waals surface area contributed by atoms with Gasteiger partial charge < -0.3 is 4.85 Å². The van der Waals surface area contributed by atoms with Crippen LogP contribution in [-0.4, -0.2) is 0 Å². The molecular weight excluding hydrogens is 268 g/mol. The fourth-order valence-electron chi connectivity index (χ4n) is 2.66. The maximum Gasteiger partial charge on any atom is 0.279 e. The first-order valence-corrected chi connectivity index (χ1v) is 7.09. The van der Waals surface area contributed by atoms with Crippen LogP contribution in [-0.2, 0) is 5.54 Å². The minimum absolute atomic E-state index is 0.596. The Bertz CT molecular complexity index is 815. The van der Waals surface area contributed by atoms with E-state index in [1.165, 1.54) is 0 Å². The van der Waals surface area contributed by atoms with Gasteiger partial charge in [0.25, 0.3) is 5.54 Å². The fraction of sp³-hybridized carbons (Fsp3) is 0.100. The summed E-state index contributed by atoms with van der Waals surface area (Å²) in [4.78, 5) is 7.29. The van der Waals surface area contributed by atoms with Gasteiger partial charge in [-0.2, -0.15) is 0 Å². The van der Waals surface area contributed by atoms with E-state index in [0.29, 0.717) is 12.1 Å². The molecule has 104 valence electrons. The molecule has 0 saturated carbocycles. The van der Waals surface area contributed by atoms with Crippen LogP contribution in [0.4, 0.5) is 5.69 Å². The summed E-state index contributed by atoms with van der Waals surface area (Å²) in [6.45, 7) is 14.6. The largest absolute Gasteiger partial charge is 0.300 e. The molecule has 1 aliphatic rings. The standard InChI is InChI=1S/C20H14N2/c1-21-19-10-8-16(9-11-19)17-12-14-20(22-2,15-13-17)18-6-4-3-5-7-18/h3-14H,15H2. The molecule has 0 amide bonds. The van der Waals surface area contributed by atoms with Crippen molar-refractivity contribution in [3.63, 3.8) is 0 Å². The molecule has 0 fully saturated rings. The number of allylic oxidation sites excluding steroid dienone is 2. The summed E-state index contributed by atoms with van der Waals surface area (Å²) in [5, 5.41) is 0. The Hall–Kier alpha value is -3.10. The van der Waals surface area contributed by atoms with Crippen molar-refractivity contribution >= 4 is 11.3 Å². The maximum absolute atomic E-state index is 7.62. The summed E-state index contributed by atoms with van der Waals surface area (Å²) >= 11 is 0. The second kappa shape index (κ2) is 5.72. The van der Waals surface area contributed by atoms with Crippen molar-refractivity contribution in [2.24, 2.45) is 0 Å². The van der Waals surface area contributed by atoms with Crippen LogP contribution in [0.1, 0.15) is 17.5 Å². The summed E-state index contributed by atoms with van der Waals surface area (Å²) < 4.78 is 0. The van der Waals surface area contributed by atoms with Gasteiger partial charge in [0.2, 0.25) is 0 Å². The van der Waals surface area contributed by atoms with Gasteiger partial charge in [-0.1, -0.05) is 66.7 Å². The first-order chi connectivity index (χ1) is 10.8. The third-order valence-corrected chi connectivity index (χ3v) is 3.97.